The molecule has 2 unspecified atom stereocenters. The first kappa shape index (κ1) is 11.4. The van der Waals surface area contributed by atoms with Crippen molar-refractivity contribution in [2.75, 3.05) is 19.6 Å². The fourth-order valence-electron chi connectivity index (χ4n) is 2.51. The van der Waals surface area contributed by atoms with E-state index in [1.807, 2.05) is 0 Å². The minimum atomic E-state index is 0.787. The molecule has 0 aromatic carbocycles. The first-order valence-corrected chi connectivity index (χ1v) is 6.76. The van der Waals surface area contributed by atoms with Crippen LogP contribution in [0, 0.1) is 5.92 Å². The normalized spacial score (nSPS) is 30.4. The summed E-state index contributed by atoms with van der Waals surface area (Å²) in [6.07, 6.45) is 6.94. The first-order chi connectivity index (χ1) is 7.28. The van der Waals surface area contributed by atoms with Crippen molar-refractivity contribution < 1.29 is 0 Å². The van der Waals surface area contributed by atoms with Crippen LogP contribution in [0.4, 0.5) is 0 Å². The molecule has 2 nitrogen and oxygen atoms in total. The van der Waals surface area contributed by atoms with Crippen LogP contribution in [0.15, 0.2) is 0 Å². The van der Waals surface area contributed by atoms with Gasteiger partial charge in [0.15, 0.2) is 0 Å². The zero-order valence-electron chi connectivity index (χ0n) is 10.3. The van der Waals surface area contributed by atoms with Crippen LogP contribution in [0.5, 0.6) is 0 Å². The van der Waals surface area contributed by atoms with Gasteiger partial charge < -0.3 is 10.2 Å². The highest BCUT2D eigenvalue weighted by Gasteiger charge is 2.27. The average Bonchev–Trinajstić information content (AvgIpc) is 3.02. The van der Waals surface area contributed by atoms with Gasteiger partial charge in [0.05, 0.1) is 0 Å². The Kier molecular flexibility index (Phi) is 4.04. The molecule has 0 radical (unpaired) electrons. The summed E-state index contributed by atoms with van der Waals surface area (Å²) >= 11 is 0. The van der Waals surface area contributed by atoms with Gasteiger partial charge in [0.2, 0.25) is 0 Å². The van der Waals surface area contributed by atoms with Gasteiger partial charge in [-0.25, -0.2) is 0 Å². The van der Waals surface area contributed by atoms with E-state index in [1.165, 1.54) is 51.7 Å². The zero-order chi connectivity index (χ0) is 10.7. The molecule has 1 heterocycles. The molecular weight excluding hydrogens is 184 g/mol. The zero-order valence-corrected chi connectivity index (χ0v) is 10.3. The highest BCUT2D eigenvalue weighted by atomic mass is 15.2. The fourth-order valence-corrected chi connectivity index (χ4v) is 2.51. The topological polar surface area (TPSA) is 15.3 Å². The van der Waals surface area contributed by atoms with Crippen LogP contribution in [0.3, 0.4) is 0 Å². The summed E-state index contributed by atoms with van der Waals surface area (Å²) in [4.78, 5) is 2.66. The largest absolute Gasteiger partial charge is 0.310 e. The van der Waals surface area contributed by atoms with E-state index >= 15 is 0 Å². The Hall–Kier alpha value is -0.0800. The highest BCUT2D eigenvalue weighted by Crippen LogP contribution is 2.22. The molecule has 1 aliphatic carbocycles. The molecule has 1 saturated carbocycles. The number of hydrogen-bond donors (Lipinski definition) is 1. The summed E-state index contributed by atoms with van der Waals surface area (Å²) in [7, 11) is 0. The molecule has 2 rings (SSSR count). The lowest BCUT2D eigenvalue weighted by atomic mass is 10.0. The smallest absolute Gasteiger partial charge is 0.0198 e. The molecule has 1 saturated heterocycles. The van der Waals surface area contributed by atoms with Crippen molar-refractivity contribution in [2.45, 2.75) is 58.0 Å². The van der Waals surface area contributed by atoms with E-state index in [0.717, 1.165) is 18.0 Å². The van der Waals surface area contributed by atoms with E-state index in [9.17, 15) is 0 Å². The third kappa shape index (κ3) is 3.76. The summed E-state index contributed by atoms with van der Waals surface area (Å²) in [5.41, 5.74) is 0. The van der Waals surface area contributed by atoms with E-state index in [4.69, 9.17) is 0 Å². The van der Waals surface area contributed by atoms with Gasteiger partial charge in [-0.1, -0.05) is 20.3 Å². The Balaban J connectivity index is 1.70. The molecule has 2 atom stereocenters. The quantitative estimate of drug-likeness (QED) is 0.749. The van der Waals surface area contributed by atoms with Crippen molar-refractivity contribution in [2.24, 2.45) is 5.92 Å². The van der Waals surface area contributed by atoms with Crippen molar-refractivity contribution in [1.29, 1.82) is 0 Å². The molecule has 2 aliphatic rings. The number of likely N-dealkylation sites (tertiary alicyclic amines) is 1. The van der Waals surface area contributed by atoms with Gasteiger partial charge in [-0.15, -0.1) is 0 Å². The summed E-state index contributed by atoms with van der Waals surface area (Å²) in [6, 6.07) is 1.66. The lowest BCUT2D eigenvalue weighted by molar-refractivity contribution is 0.167. The third-order valence-corrected chi connectivity index (χ3v) is 3.82. The molecule has 1 N–H and O–H groups in total. The third-order valence-electron chi connectivity index (χ3n) is 3.82. The Morgan fingerprint density at radius 3 is 2.73 bits per heavy atom. The molecule has 0 spiro atoms. The number of piperidine rings is 1. The second kappa shape index (κ2) is 5.31. The van der Waals surface area contributed by atoms with Gasteiger partial charge in [-0.2, -0.15) is 0 Å². The fraction of sp³-hybridized carbons (Fsp3) is 1.00. The second-order valence-electron chi connectivity index (χ2n) is 5.55. The predicted molar refractivity (Wildman–Crippen MR) is 65.1 cm³/mol. The molecular formula is C13H26N2. The van der Waals surface area contributed by atoms with Crippen molar-refractivity contribution in [1.82, 2.24) is 10.2 Å². The Bertz CT molecular complexity index is 189. The molecule has 2 fully saturated rings. The molecule has 15 heavy (non-hydrogen) atoms. The minimum absolute atomic E-state index is 0.787. The Morgan fingerprint density at radius 2 is 2.07 bits per heavy atom. The van der Waals surface area contributed by atoms with E-state index in [2.05, 4.69) is 24.1 Å². The highest BCUT2D eigenvalue weighted by molar-refractivity contribution is 4.88. The maximum Gasteiger partial charge on any atom is 0.0198 e. The van der Waals surface area contributed by atoms with Crippen molar-refractivity contribution in [3.8, 4) is 0 Å². The van der Waals surface area contributed by atoms with Crippen molar-refractivity contribution in [3.05, 3.63) is 0 Å². The molecule has 2 heteroatoms. The molecule has 0 bridgehead atoms. The molecule has 0 aromatic rings. The number of rotatable bonds is 5. The van der Waals surface area contributed by atoms with E-state index in [1.54, 1.807) is 0 Å². The van der Waals surface area contributed by atoms with Crippen LogP contribution in [0.1, 0.15) is 46.0 Å². The lowest BCUT2D eigenvalue weighted by Crippen LogP contribution is -2.47. The van der Waals surface area contributed by atoms with Crippen molar-refractivity contribution >= 4 is 0 Å². The molecule has 0 aromatic heterocycles. The number of hydrogen-bond acceptors (Lipinski definition) is 2. The summed E-state index contributed by atoms with van der Waals surface area (Å²) in [6.45, 7) is 8.60. The molecule has 1 aliphatic heterocycles. The van der Waals surface area contributed by atoms with Crippen LogP contribution < -0.4 is 5.32 Å². The van der Waals surface area contributed by atoms with E-state index in [-0.39, 0.29) is 0 Å². The Labute approximate surface area is 94.4 Å². The standard InChI is InChI=1S/C13H26N2/c1-3-11(2)9-15-8-4-5-13(10-15)14-12-6-7-12/h11-14H,3-10H2,1-2H3. The average molecular weight is 210 g/mol. The molecule has 88 valence electrons. The van der Waals surface area contributed by atoms with Gasteiger partial charge in [-0.05, 0) is 38.1 Å². The van der Waals surface area contributed by atoms with E-state index < -0.39 is 0 Å². The minimum Gasteiger partial charge on any atom is -0.310 e. The summed E-state index contributed by atoms with van der Waals surface area (Å²) < 4.78 is 0. The van der Waals surface area contributed by atoms with Crippen LogP contribution in [-0.2, 0) is 0 Å². The summed E-state index contributed by atoms with van der Waals surface area (Å²) in [5, 5.41) is 3.77. The molecule has 0 amide bonds. The van der Waals surface area contributed by atoms with Crippen LogP contribution in [0.25, 0.3) is 0 Å². The predicted octanol–water partition coefficient (Wildman–Crippen LogP) is 2.25. The monoisotopic (exact) mass is 210 g/mol. The van der Waals surface area contributed by atoms with Crippen LogP contribution in [0.2, 0.25) is 0 Å². The summed E-state index contributed by atoms with van der Waals surface area (Å²) in [5.74, 6) is 0.865. The second-order valence-corrected chi connectivity index (χ2v) is 5.55. The maximum absolute atomic E-state index is 3.77. The SMILES string of the molecule is CCC(C)CN1CCCC(NC2CC2)C1. The van der Waals surface area contributed by atoms with Crippen LogP contribution >= 0.6 is 0 Å². The Morgan fingerprint density at radius 1 is 1.27 bits per heavy atom. The first-order valence-electron chi connectivity index (χ1n) is 6.76. The van der Waals surface area contributed by atoms with Crippen LogP contribution in [-0.4, -0.2) is 36.6 Å². The maximum atomic E-state index is 3.77. The van der Waals surface area contributed by atoms with Gasteiger partial charge in [0.1, 0.15) is 0 Å². The number of nitrogens with zero attached hydrogens (tertiary/aromatic N) is 1. The van der Waals surface area contributed by atoms with E-state index in [0.29, 0.717) is 0 Å². The number of nitrogens with one attached hydrogen (secondary N) is 1. The van der Waals surface area contributed by atoms with Gasteiger partial charge in [-0.3, -0.25) is 0 Å². The van der Waals surface area contributed by atoms with Gasteiger partial charge in [0, 0.05) is 25.2 Å². The lowest BCUT2D eigenvalue weighted by Gasteiger charge is -2.34. The van der Waals surface area contributed by atoms with Gasteiger partial charge in [0.25, 0.3) is 0 Å². The van der Waals surface area contributed by atoms with Gasteiger partial charge >= 0.3 is 0 Å². The van der Waals surface area contributed by atoms with Crippen molar-refractivity contribution in [3.63, 3.8) is 0 Å².